The lowest BCUT2D eigenvalue weighted by molar-refractivity contribution is 0.214. The van der Waals surface area contributed by atoms with Gasteiger partial charge in [0.2, 0.25) is 0 Å². The van der Waals surface area contributed by atoms with Gasteiger partial charge in [-0.05, 0) is 30.5 Å². The fraction of sp³-hybridized carbons (Fsp3) is 0.357. The van der Waals surface area contributed by atoms with Gasteiger partial charge in [-0.15, -0.1) is 0 Å². The molecule has 0 saturated heterocycles. The molecule has 0 bridgehead atoms. The highest BCUT2D eigenvalue weighted by atomic mass is 16.3. The van der Waals surface area contributed by atoms with Crippen LogP contribution >= 0.6 is 0 Å². The predicted molar refractivity (Wildman–Crippen MR) is 67.8 cm³/mol. The number of aliphatic hydroxyl groups is 1. The second-order valence-corrected chi connectivity index (χ2v) is 4.34. The first-order valence-corrected chi connectivity index (χ1v) is 5.89. The summed E-state index contributed by atoms with van der Waals surface area (Å²) in [5, 5.41) is 14.6. The van der Waals surface area contributed by atoms with Crippen LogP contribution < -0.4 is 0 Å². The molecule has 3 heteroatoms. The molecule has 1 heterocycles. The van der Waals surface area contributed by atoms with Crippen LogP contribution in [-0.4, -0.2) is 14.9 Å². The summed E-state index contributed by atoms with van der Waals surface area (Å²) in [6.45, 7) is 4.09. The number of aromatic nitrogens is 2. The van der Waals surface area contributed by atoms with Crippen molar-refractivity contribution < 1.29 is 5.11 Å². The van der Waals surface area contributed by atoms with Gasteiger partial charge < -0.3 is 5.11 Å². The van der Waals surface area contributed by atoms with Crippen molar-refractivity contribution in [3.8, 4) is 0 Å². The smallest absolute Gasteiger partial charge is 0.123 e. The number of rotatable bonds is 3. The van der Waals surface area contributed by atoms with E-state index in [9.17, 15) is 5.11 Å². The third-order valence-corrected chi connectivity index (χ3v) is 3.09. The van der Waals surface area contributed by atoms with Gasteiger partial charge in [0.15, 0.2) is 0 Å². The van der Waals surface area contributed by atoms with Crippen molar-refractivity contribution in [3.63, 3.8) is 0 Å². The highest BCUT2D eigenvalue weighted by molar-refractivity contribution is 5.30. The van der Waals surface area contributed by atoms with E-state index in [1.54, 1.807) is 4.68 Å². The number of aryl methyl sites for hydroxylation is 3. The Labute approximate surface area is 102 Å². The summed E-state index contributed by atoms with van der Waals surface area (Å²) < 4.78 is 1.78. The maximum Gasteiger partial charge on any atom is 0.123 e. The average molecular weight is 230 g/mol. The fourth-order valence-electron chi connectivity index (χ4n) is 1.88. The third-order valence-electron chi connectivity index (χ3n) is 3.09. The van der Waals surface area contributed by atoms with E-state index < -0.39 is 6.10 Å². The molecule has 90 valence electrons. The molecule has 1 aromatic carbocycles. The Hall–Kier alpha value is -1.61. The molecule has 1 aromatic heterocycles. The molecule has 0 aliphatic carbocycles. The van der Waals surface area contributed by atoms with Gasteiger partial charge in [0.25, 0.3) is 0 Å². The molecule has 0 aliphatic heterocycles. The maximum atomic E-state index is 10.3. The van der Waals surface area contributed by atoms with Crippen molar-refractivity contribution in [1.82, 2.24) is 9.78 Å². The molecular formula is C14H18N2O. The number of hydrogen-bond donors (Lipinski definition) is 1. The van der Waals surface area contributed by atoms with Crippen LogP contribution in [0.1, 0.15) is 35.5 Å². The largest absolute Gasteiger partial charge is 0.382 e. The molecule has 0 radical (unpaired) electrons. The number of aliphatic hydroxyl groups excluding tert-OH is 1. The Morgan fingerprint density at radius 3 is 2.71 bits per heavy atom. The van der Waals surface area contributed by atoms with Gasteiger partial charge in [0.1, 0.15) is 6.10 Å². The Morgan fingerprint density at radius 1 is 1.35 bits per heavy atom. The molecule has 1 atom stereocenters. The van der Waals surface area contributed by atoms with Crippen LogP contribution in [0.25, 0.3) is 0 Å². The van der Waals surface area contributed by atoms with Crippen LogP contribution in [0.3, 0.4) is 0 Å². The van der Waals surface area contributed by atoms with Crippen LogP contribution in [0.5, 0.6) is 0 Å². The zero-order valence-corrected chi connectivity index (χ0v) is 10.5. The van der Waals surface area contributed by atoms with E-state index in [-0.39, 0.29) is 0 Å². The van der Waals surface area contributed by atoms with Crippen LogP contribution in [0, 0.1) is 6.92 Å². The minimum atomic E-state index is -0.638. The van der Waals surface area contributed by atoms with E-state index in [1.165, 1.54) is 5.56 Å². The van der Waals surface area contributed by atoms with Crippen LogP contribution in [0.2, 0.25) is 0 Å². The van der Waals surface area contributed by atoms with E-state index in [0.717, 1.165) is 17.7 Å². The van der Waals surface area contributed by atoms with Gasteiger partial charge in [-0.3, -0.25) is 4.68 Å². The quantitative estimate of drug-likeness (QED) is 0.879. The summed E-state index contributed by atoms with van der Waals surface area (Å²) in [4.78, 5) is 0. The Kier molecular flexibility index (Phi) is 3.29. The molecule has 1 N–H and O–H groups in total. The molecule has 1 unspecified atom stereocenters. The van der Waals surface area contributed by atoms with Gasteiger partial charge in [0, 0.05) is 12.7 Å². The number of hydrogen-bond acceptors (Lipinski definition) is 2. The second kappa shape index (κ2) is 4.72. The van der Waals surface area contributed by atoms with Crippen LogP contribution in [0.15, 0.2) is 30.3 Å². The van der Waals surface area contributed by atoms with Gasteiger partial charge in [-0.25, -0.2) is 0 Å². The first-order valence-electron chi connectivity index (χ1n) is 5.89. The van der Waals surface area contributed by atoms with Crippen molar-refractivity contribution in [1.29, 1.82) is 0 Å². The summed E-state index contributed by atoms with van der Waals surface area (Å²) in [6, 6.07) is 9.94. The lowest BCUT2D eigenvalue weighted by atomic mass is 10.0. The molecule has 0 saturated carbocycles. The highest BCUT2D eigenvalue weighted by Crippen LogP contribution is 2.22. The molecule has 0 aliphatic rings. The van der Waals surface area contributed by atoms with Crippen molar-refractivity contribution in [2.45, 2.75) is 26.4 Å². The maximum absolute atomic E-state index is 10.3. The number of benzene rings is 1. The first kappa shape index (κ1) is 11.9. The Bertz CT molecular complexity index is 497. The zero-order chi connectivity index (χ0) is 12.4. The summed E-state index contributed by atoms with van der Waals surface area (Å²) in [6.07, 6.45) is 0.336. The van der Waals surface area contributed by atoms with Gasteiger partial charge in [-0.2, -0.15) is 5.10 Å². The lowest BCUT2D eigenvalue weighted by Gasteiger charge is -2.09. The molecule has 0 spiro atoms. The topological polar surface area (TPSA) is 38.0 Å². The Morgan fingerprint density at radius 2 is 2.12 bits per heavy atom. The zero-order valence-electron chi connectivity index (χ0n) is 10.5. The average Bonchev–Trinajstić information content (AvgIpc) is 2.69. The lowest BCUT2D eigenvalue weighted by Crippen LogP contribution is -2.02. The van der Waals surface area contributed by atoms with E-state index in [2.05, 4.69) is 18.1 Å². The molecule has 2 rings (SSSR count). The van der Waals surface area contributed by atoms with Crippen molar-refractivity contribution in [3.05, 3.63) is 52.8 Å². The predicted octanol–water partition coefficient (Wildman–Crippen LogP) is 2.37. The molecular weight excluding hydrogens is 212 g/mol. The summed E-state index contributed by atoms with van der Waals surface area (Å²) in [5.74, 6) is 0. The minimum absolute atomic E-state index is 0.638. The Balaban J connectivity index is 2.32. The van der Waals surface area contributed by atoms with E-state index in [4.69, 9.17) is 0 Å². The normalized spacial score (nSPS) is 12.7. The van der Waals surface area contributed by atoms with Crippen LogP contribution in [-0.2, 0) is 13.5 Å². The highest BCUT2D eigenvalue weighted by Gasteiger charge is 2.14. The standard InChI is InChI=1S/C14H18N2O/c1-4-11-6-5-7-12(9-11)14(17)13-8-10(2)16(3)15-13/h5-9,14,17H,4H2,1-3H3. The van der Waals surface area contributed by atoms with E-state index >= 15 is 0 Å². The number of nitrogens with zero attached hydrogens (tertiary/aromatic N) is 2. The summed E-state index contributed by atoms with van der Waals surface area (Å²) in [5.41, 5.74) is 3.89. The molecule has 3 nitrogen and oxygen atoms in total. The molecule has 0 amide bonds. The van der Waals surface area contributed by atoms with Crippen molar-refractivity contribution >= 4 is 0 Å². The van der Waals surface area contributed by atoms with Crippen molar-refractivity contribution in [2.24, 2.45) is 7.05 Å². The van der Waals surface area contributed by atoms with Crippen LogP contribution in [0.4, 0.5) is 0 Å². The van der Waals surface area contributed by atoms with Gasteiger partial charge >= 0.3 is 0 Å². The fourth-order valence-corrected chi connectivity index (χ4v) is 1.88. The summed E-state index contributed by atoms with van der Waals surface area (Å²) >= 11 is 0. The molecule has 2 aromatic rings. The van der Waals surface area contributed by atoms with Crippen molar-refractivity contribution in [2.75, 3.05) is 0 Å². The monoisotopic (exact) mass is 230 g/mol. The molecule has 17 heavy (non-hydrogen) atoms. The minimum Gasteiger partial charge on any atom is -0.382 e. The summed E-state index contributed by atoms with van der Waals surface area (Å²) in [7, 11) is 1.88. The third kappa shape index (κ3) is 2.39. The first-order chi connectivity index (χ1) is 8.11. The molecule has 0 fully saturated rings. The van der Waals surface area contributed by atoms with E-state index in [0.29, 0.717) is 5.69 Å². The van der Waals surface area contributed by atoms with E-state index in [1.807, 2.05) is 38.2 Å². The van der Waals surface area contributed by atoms with Gasteiger partial charge in [-0.1, -0.05) is 31.2 Å². The SMILES string of the molecule is CCc1cccc(C(O)c2cc(C)n(C)n2)c1. The van der Waals surface area contributed by atoms with Gasteiger partial charge in [0.05, 0.1) is 5.69 Å². The second-order valence-electron chi connectivity index (χ2n) is 4.34.